The third-order valence-electron chi connectivity index (χ3n) is 5.10. The number of benzene rings is 2. The number of ether oxygens (including phenoxy) is 3. The predicted octanol–water partition coefficient (Wildman–Crippen LogP) is 5.31. The van der Waals surface area contributed by atoms with Gasteiger partial charge in [0.1, 0.15) is 18.2 Å². The van der Waals surface area contributed by atoms with Crippen LogP contribution in [0.2, 0.25) is 0 Å². The third kappa shape index (κ3) is 9.90. The van der Waals surface area contributed by atoms with Gasteiger partial charge in [0.25, 0.3) is 0 Å². The first-order valence-corrected chi connectivity index (χ1v) is 11.5. The Morgan fingerprint density at radius 3 is 2.31 bits per heavy atom. The molecule has 0 spiro atoms. The second-order valence-electron chi connectivity index (χ2n) is 9.22. The van der Waals surface area contributed by atoms with Gasteiger partial charge in [0, 0.05) is 25.6 Å². The highest BCUT2D eigenvalue weighted by Crippen LogP contribution is 2.22. The Kier molecular flexibility index (Phi) is 10.4. The first-order valence-electron chi connectivity index (χ1n) is 11.5. The summed E-state index contributed by atoms with van der Waals surface area (Å²) in [6.45, 7) is 8.86. The molecule has 1 atom stereocenters. The highest BCUT2D eigenvalue weighted by atomic mass is 19.1. The van der Waals surface area contributed by atoms with E-state index in [0.717, 1.165) is 17.7 Å². The van der Waals surface area contributed by atoms with Crippen LogP contribution in [0.1, 0.15) is 39.7 Å². The number of halogens is 2. The van der Waals surface area contributed by atoms with Gasteiger partial charge in [-0.15, -0.1) is 0 Å². The van der Waals surface area contributed by atoms with E-state index < -0.39 is 29.8 Å². The van der Waals surface area contributed by atoms with Gasteiger partial charge in [0.15, 0.2) is 17.7 Å². The predicted molar refractivity (Wildman–Crippen MR) is 127 cm³/mol. The Labute approximate surface area is 204 Å². The fourth-order valence-corrected chi connectivity index (χ4v) is 3.11. The molecule has 2 rings (SSSR count). The second kappa shape index (κ2) is 13.0. The number of amides is 1. The number of nitrogens with zero attached hydrogens (tertiary/aromatic N) is 1. The summed E-state index contributed by atoms with van der Waals surface area (Å²) in [4.78, 5) is 25.4. The number of carboxylic acid groups (broad SMARTS) is 1. The molecule has 0 bridgehead atoms. The molecule has 2 aromatic rings. The Bertz CT molecular complexity index is 975. The maximum Gasteiger partial charge on any atom is 0.415 e. The molecule has 0 radical (unpaired) electrons. The van der Waals surface area contributed by atoms with Crippen molar-refractivity contribution < 1.29 is 37.7 Å². The van der Waals surface area contributed by atoms with Crippen LogP contribution in [0.5, 0.6) is 11.5 Å². The molecule has 0 aliphatic rings. The van der Waals surface area contributed by atoms with Crippen LogP contribution >= 0.6 is 0 Å². The molecular formula is C26H33F2NO6. The molecule has 0 fully saturated rings. The van der Waals surface area contributed by atoms with Gasteiger partial charge in [0.2, 0.25) is 0 Å². The van der Waals surface area contributed by atoms with Crippen molar-refractivity contribution in [2.75, 3.05) is 26.3 Å². The zero-order chi connectivity index (χ0) is 26.0. The van der Waals surface area contributed by atoms with Gasteiger partial charge in [-0.3, -0.25) is 0 Å². The van der Waals surface area contributed by atoms with Gasteiger partial charge >= 0.3 is 12.1 Å². The molecule has 0 heterocycles. The largest absolute Gasteiger partial charge is 0.492 e. The van der Waals surface area contributed by atoms with Crippen molar-refractivity contribution in [2.24, 2.45) is 5.41 Å². The maximum atomic E-state index is 13.9. The van der Waals surface area contributed by atoms with Crippen LogP contribution in [-0.4, -0.2) is 54.5 Å². The van der Waals surface area contributed by atoms with Crippen LogP contribution in [0.3, 0.4) is 0 Å². The van der Waals surface area contributed by atoms with Gasteiger partial charge in [-0.1, -0.05) is 32.9 Å². The summed E-state index contributed by atoms with van der Waals surface area (Å²) < 4.78 is 43.2. The molecule has 0 aliphatic carbocycles. The van der Waals surface area contributed by atoms with Crippen LogP contribution in [0.4, 0.5) is 13.6 Å². The number of hydrogen-bond donors (Lipinski definition) is 1. The lowest BCUT2D eigenvalue weighted by Gasteiger charge is -2.26. The van der Waals surface area contributed by atoms with Crippen LogP contribution < -0.4 is 9.47 Å². The Morgan fingerprint density at radius 1 is 1.06 bits per heavy atom. The van der Waals surface area contributed by atoms with E-state index in [1.54, 1.807) is 31.2 Å². The minimum Gasteiger partial charge on any atom is -0.492 e. The summed E-state index contributed by atoms with van der Waals surface area (Å²) in [7, 11) is 0. The lowest BCUT2D eigenvalue weighted by atomic mass is 9.92. The lowest BCUT2D eigenvalue weighted by molar-refractivity contribution is -0.149. The van der Waals surface area contributed by atoms with Gasteiger partial charge in [-0.05, 0) is 48.6 Å². The normalized spacial score (nSPS) is 12.2. The van der Waals surface area contributed by atoms with E-state index >= 15 is 0 Å². The molecule has 0 aliphatic heterocycles. The third-order valence-corrected chi connectivity index (χ3v) is 5.10. The van der Waals surface area contributed by atoms with E-state index in [1.807, 2.05) is 20.8 Å². The number of carbonyl (C=O) groups is 2. The summed E-state index contributed by atoms with van der Waals surface area (Å²) in [5.41, 5.74) is 0.737. The topological polar surface area (TPSA) is 85.3 Å². The molecule has 0 aromatic heterocycles. The molecule has 9 heteroatoms. The molecule has 2 aromatic carbocycles. The summed E-state index contributed by atoms with van der Waals surface area (Å²) in [6, 6.07) is 9.69. The standard InChI is InChI=1S/C26H33F2NO6/c1-5-33-23(24(30)31)16-18-6-9-20(10-7-18)34-15-14-29(13-12-26(2,3)4)25(32)35-22-11-8-19(27)17-21(22)28/h6-11,17,23H,5,12-16H2,1-4H3,(H,30,31). The van der Waals surface area contributed by atoms with Gasteiger partial charge in [-0.25, -0.2) is 18.4 Å². The zero-order valence-corrected chi connectivity index (χ0v) is 20.6. The van der Waals surface area contributed by atoms with Crippen molar-refractivity contribution in [1.29, 1.82) is 0 Å². The smallest absolute Gasteiger partial charge is 0.415 e. The summed E-state index contributed by atoms with van der Waals surface area (Å²) in [5, 5.41) is 9.22. The van der Waals surface area contributed by atoms with Gasteiger partial charge < -0.3 is 24.2 Å². The number of hydrogen-bond acceptors (Lipinski definition) is 5. The van der Waals surface area contributed by atoms with Crippen molar-refractivity contribution in [3.8, 4) is 11.5 Å². The van der Waals surface area contributed by atoms with Gasteiger partial charge in [-0.2, -0.15) is 0 Å². The van der Waals surface area contributed by atoms with E-state index in [1.165, 1.54) is 4.90 Å². The zero-order valence-electron chi connectivity index (χ0n) is 20.6. The molecule has 0 saturated heterocycles. The second-order valence-corrected chi connectivity index (χ2v) is 9.22. The van der Waals surface area contributed by atoms with E-state index in [2.05, 4.69) is 0 Å². The fourth-order valence-electron chi connectivity index (χ4n) is 3.11. The molecule has 1 N–H and O–H groups in total. The highest BCUT2D eigenvalue weighted by molar-refractivity contribution is 5.72. The molecule has 1 unspecified atom stereocenters. The van der Waals surface area contributed by atoms with Crippen molar-refractivity contribution in [1.82, 2.24) is 4.90 Å². The Balaban J connectivity index is 1.97. The van der Waals surface area contributed by atoms with E-state index in [9.17, 15) is 23.5 Å². The number of carbonyl (C=O) groups excluding carboxylic acids is 1. The Morgan fingerprint density at radius 2 is 1.74 bits per heavy atom. The molecule has 7 nitrogen and oxygen atoms in total. The Hall–Kier alpha value is -3.20. The molecule has 1 amide bonds. The van der Waals surface area contributed by atoms with E-state index in [4.69, 9.17) is 14.2 Å². The minimum absolute atomic E-state index is 0.0500. The van der Waals surface area contributed by atoms with E-state index in [-0.39, 0.29) is 30.7 Å². The van der Waals surface area contributed by atoms with Crippen molar-refractivity contribution in [3.05, 3.63) is 59.7 Å². The van der Waals surface area contributed by atoms with Crippen LogP contribution in [0.15, 0.2) is 42.5 Å². The first-order chi connectivity index (χ1) is 16.5. The van der Waals surface area contributed by atoms with Crippen molar-refractivity contribution >= 4 is 12.1 Å². The number of rotatable bonds is 12. The molecule has 192 valence electrons. The molecular weight excluding hydrogens is 460 g/mol. The SMILES string of the molecule is CCOC(Cc1ccc(OCCN(CCC(C)(C)C)C(=O)Oc2ccc(F)cc2F)cc1)C(=O)O. The van der Waals surface area contributed by atoms with E-state index in [0.29, 0.717) is 31.4 Å². The first kappa shape index (κ1) is 28.0. The minimum atomic E-state index is -1.02. The van der Waals surface area contributed by atoms with Gasteiger partial charge in [0.05, 0.1) is 6.54 Å². The molecule has 35 heavy (non-hydrogen) atoms. The maximum absolute atomic E-state index is 13.9. The van der Waals surface area contributed by atoms with Crippen LogP contribution in [-0.2, 0) is 16.0 Å². The van der Waals surface area contributed by atoms with Crippen molar-refractivity contribution in [3.63, 3.8) is 0 Å². The molecule has 0 saturated carbocycles. The van der Waals surface area contributed by atoms with Crippen molar-refractivity contribution in [2.45, 2.75) is 46.6 Å². The average Bonchev–Trinajstić information content (AvgIpc) is 2.78. The average molecular weight is 494 g/mol. The quantitative estimate of drug-likeness (QED) is 0.431. The highest BCUT2D eigenvalue weighted by Gasteiger charge is 2.21. The fraction of sp³-hybridized carbons (Fsp3) is 0.462. The summed E-state index contributed by atoms with van der Waals surface area (Å²) in [6.07, 6.45) is -0.766. The monoisotopic (exact) mass is 493 g/mol. The number of aliphatic carboxylic acids is 1. The lowest BCUT2D eigenvalue weighted by Crippen LogP contribution is -2.38. The summed E-state index contributed by atoms with van der Waals surface area (Å²) >= 11 is 0. The number of carboxylic acids is 1. The van der Waals surface area contributed by atoms with Crippen LogP contribution in [0, 0.1) is 17.0 Å². The van der Waals surface area contributed by atoms with Crippen LogP contribution in [0.25, 0.3) is 0 Å². The summed E-state index contributed by atoms with van der Waals surface area (Å²) in [5.74, 6) is -2.54.